The van der Waals surface area contributed by atoms with Crippen LogP contribution in [0.4, 0.5) is 5.82 Å². The van der Waals surface area contributed by atoms with Gasteiger partial charge in [0.2, 0.25) is 0 Å². The highest BCUT2D eigenvalue weighted by atomic mass is 16.1. The standard InChI is InChI=1S/C15H20N2O/c1-11-4-6-12(7-5-11)15(18)13-8-9-14(16-10-13)17(2)3/h6,8-11H,4-5,7H2,1-3H3. The van der Waals surface area contributed by atoms with E-state index in [0.29, 0.717) is 11.5 Å². The fourth-order valence-corrected chi connectivity index (χ4v) is 2.14. The predicted molar refractivity (Wildman–Crippen MR) is 74.0 cm³/mol. The van der Waals surface area contributed by atoms with E-state index in [1.807, 2.05) is 31.1 Å². The minimum atomic E-state index is 0.139. The van der Waals surface area contributed by atoms with Crippen molar-refractivity contribution in [2.75, 3.05) is 19.0 Å². The molecule has 1 heterocycles. The van der Waals surface area contributed by atoms with Crippen molar-refractivity contribution in [1.82, 2.24) is 4.98 Å². The third-order valence-electron chi connectivity index (χ3n) is 3.43. The fraction of sp³-hybridized carbons (Fsp3) is 0.467. The smallest absolute Gasteiger partial charge is 0.190 e. The second kappa shape index (κ2) is 5.34. The Balaban J connectivity index is 2.14. The lowest BCUT2D eigenvalue weighted by molar-refractivity contribution is 0.102. The van der Waals surface area contributed by atoms with Gasteiger partial charge in [-0.25, -0.2) is 4.98 Å². The van der Waals surface area contributed by atoms with E-state index in [9.17, 15) is 4.79 Å². The molecule has 0 fully saturated rings. The summed E-state index contributed by atoms with van der Waals surface area (Å²) in [6.45, 7) is 2.23. The van der Waals surface area contributed by atoms with Gasteiger partial charge in [-0.15, -0.1) is 0 Å². The van der Waals surface area contributed by atoms with Crippen LogP contribution in [0.15, 0.2) is 30.0 Å². The highest BCUT2D eigenvalue weighted by molar-refractivity contribution is 6.08. The first-order valence-corrected chi connectivity index (χ1v) is 6.45. The highest BCUT2D eigenvalue weighted by Gasteiger charge is 2.17. The van der Waals surface area contributed by atoms with Crippen LogP contribution in [-0.2, 0) is 0 Å². The molecule has 0 saturated heterocycles. The van der Waals surface area contributed by atoms with Crippen molar-refractivity contribution in [2.45, 2.75) is 26.2 Å². The number of pyridine rings is 1. The Morgan fingerprint density at radius 2 is 2.17 bits per heavy atom. The summed E-state index contributed by atoms with van der Waals surface area (Å²) in [5, 5.41) is 0. The number of anilines is 1. The SMILES string of the molecule is CC1CC=C(C(=O)c2ccc(N(C)C)nc2)CC1. The first-order valence-electron chi connectivity index (χ1n) is 6.45. The number of hydrogen-bond acceptors (Lipinski definition) is 3. The molecule has 0 saturated carbocycles. The molecule has 0 aromatic carbocycles. The molecule has 1 atom stereocenters. The average molecular weight is 244 g/mol. The van der Waals surface area contributed by atoms with Gasteiger partial charge in [-0.05, 0) is 42.9 Å². The van der Waals surface area contributed by atoms with Gasteiger partial charge >= 0.3 is 0 Å². The molecular weight excluding hydrogens is 224 g/mol. The number of nitrogens with zero attached hydrogens (tertiary/aromatic N) is 2. The first-order chi connectivity index (χ1) is 8.58. The van der Waals surface area contributed by atoms with Gasteiger partial charge in [-0.1, -0.05) is 13.0 Å². The Kier molecular flexibility index (Phi) is 3.80. The van der Waals surface area contributed by atoms with Crippen molar-refractivity contribution < 1.29 is 4.79 Å². The monoisotopic (exact) mass is 244 g/mol. The molecule has 1 unspecified atom stereocenters. The Morgan fingerprint density at radius 3 is 2.67 bits per heavy atom. The van der Waals surface area contributed by atoms with Gasteiger partial charge in [0.05, 0.1) is 0 Å². The summed E-state index contributed by atoms with van der Waals surface area (Å²) in [5.41, 5.74) is 1.65. The molecule has 2 rings (SSSR count). The molecule has 0 spiro atoms. The van der Waals surface area contributed by atoms with E-state index in [2.05, 4.69) is 18.0 Å². The molecule has 18 heavy (non-hydrogen) atoms. The normalized spacial score (nSPS) is 19.3. The maximum atomic E-state index is 12.3. The maximum absolute atomic E-state index is 12.3. The number of rotatable bonds is 3. The Labute approximate surface area is 109 Å². The van der Waals surface area contributed by atoms with Crippen LogP contribution in [0.3, 0.4) is 0 Å². The predicted octanol–water partition coefficient (Wildman–Crippen LogP) is 3.08. The molecule has 1 aromatic heterocycles. The summed E-state index contributed by atoms with van der Waals surface area (Å²) in [7, 11) is 3.88. The number of aromatic nitrogens is 1. The van der Waals surface area contributed by atoms with Gasteiger partial charge in [0.25, 0.3) is 0 Å². The molecule has 0 aliphatic heterocycles. The molecule has 0 amide bonds. The number of Topliss-reactive ketones (excluding diaryl/α,β-unsaturated/α-hetero) is 1. The summed E-state index contributed by atoms with van der Waals surface area (Å²) < 4.78 is 0. The molecule has 3 heteroatoms. The topological polar surface area (TPSA) is 33.2 Å². The lowest BCUT2D eigenvalue weighted by Crippen LogP contribution is -2.13. The van der Waals surface area contributed by atoms with Crippen molar-refractivity contribution >= 4 is 11.6 Å². The van der Waals surface area contributed by atoms with Gasteiger partial charge in [-0.2, -0.15) is 0 Å². The van der Waals surface area contributed by atoms with Crippen LogP contribution in [0, 0.1) is 5.92 Å². The summed E-state index contributed by atoms with van der Waals surface area (Å²) in [6, 6.07) is 3.75. The van der Waals surface area contributed by atoms with Crippen LogP contribution in [0.25, 0.3) is 0 Å². The zero-order chi connectivity index (χ0) is 13.1. The van der Waals surface area contributed by atoms with Gasteiger partial charge < -0.3 is 4.90 Å². The van der Waals surface area contributed by atoms with Gasteiger partial charge in [0.15, 0.2) is 5.78 Å². The lowest BCUT2D eigenvalue weighted by atomic mass is 9.88. The van der Waals surface area contributed by atoms with E-state index in [1.54, 1.807) is 6.20 Å². The van der Waals surface area contributed by atoms with Crippen molar-refractivity contribution in [3.63, 3.8) is 0 Å². The summed E-state index contributed by atoms with van der Waals surface area (Å²) in [4.78, 5) is 18.5. The fourth-order valence-electron chi connectivity index (χ4n) is 2.14. The molecule has 0 N–H and O–H groups in total. The summed E-state index contributed by atoms with van der Waals surface area (Å²) in [5.74, 6) is 1.72. The number of hydrogen-bond donors (Lipinski definition) is 0. The van der Waals surface area contributed by atoms with Crippen molar-refractivity contribution in [2.24, 2.45) is 5.92 Å². The van der Waals surface area contributed by atoms with Crippen LogP contribution in [0.1, 0.15) is 36.5 Å². The number of ketones is 1. The highest BCUT2D eigenvalue weighted by Crippen LogP contribution is 2.25. The van der Waals surface area contributed by atoms with E-state index in [1.165, 1.54) is 0 Å². The first kappa shape index (κ1) is 12.8. The molecule has 0 radical (unpaired) electrons. The second-order valence-electron chi connectivity index (χ2n) is 5.24. The molecule has 1 aliphatic carbocycles. The lowest BCUT2D eigenvalue weighted by Gasteiger charge is -2.17. The van der Waals surface area contributed by atoms with E-state index in [0.717, 1.165) is 30.7 Å². The Hall–Kier alpha value is -1.64. The number of carbonyl (C=O) groups excluding carboxylic acids is 1. The molecule has 3 nitrogen and oxygen atoms in total. The number of allylic oxidation sites excluding steroid dienone is 2. The van der Waals surface area contributed by atoms with Crippen molar-refractivity contribution in [1.29, 1.82) is 0 Å². The van der Waals surface area contributed by atoms with Crippen LogP contribution in [0.5, 0.6) is 0 Å². The molecular formula is C15H20N2O. The van der Waals surface area contributed by atoms with Crippen molar-refractivity contribution in [3.05, 3.63) is 35.5 Å². The van der Waals surface area contributed by atoms with Gasteiger partial charge in [0.1, 0.15) is 5.82 Å². The molecule has 1 aliphatic rings. The summed E-state index contributed by atoms with van der Waals surface area (Å²) in [6.07, 6.45) is 6.80. The average Bonchev–Trinajstić information content (AvgIpc) is 2.39. The molecule has 96 valence electrons. The van der Waals surface area contributed by atoms with Crippen LogP contribution < -0.4 is 4.90 Å². The quantitative estimate of drug-likeness (QED) is 0.766. The van der Waals surface area contributed by atoms with Crippen molar-refractivity contribution in [3.8, 4) is 0 Å². The van der Waals surface area contributed by atoms with E-state index >= 15 is 0 Å². The minimum absolute atomic E-state index is 0.139. The maximum Gasteiger partial charge on any atom is 0.190 e. The molecule has 1 aromatic rings. The van der Waals surface area contributed by atoms with Crippen LogP contribution >= 0.6 is 0 Å². The third kappa shape index (κ3) is 2.78. The zero-order valence-electron chi connectivity index (χ0n) is 11.3. The largest absolute Gasteiger partial charge is 0.363 e. The van der Waals surface area contributed by atoms with E-state index in [4.69, 9.17) is 0 Å². The number of carbonyl (C=O) groups is 1. The Bertz CT molecular complexity index is 460. The summed E-state index contributed by atoms with van der Waals surface area (Å²) >= 11 is 0. The van der Waals surface area contributed by atoms with Crippen LogP contribution in [-0.4, -0.2) is 24.9 Å². The minimum Gasteiger partial charge on any atom is -0.363 e. The second-order valence-corrected chi connectivity index (χ2v) is 5.24. The van der Waals surface area contributed by atoms with E-state index in [-0.39, 0.29) is 5.78 Å². The van der Waals surface area contributed by atoms with E-state index < -0.39 is 0 Å². The van der Waals surface area contributed by atoms with Gasteiger partial charge in [0, 0.05) is 25.9 Å². The molecule has 0 bridgehead atoms. The Morgan fingerprint density at radius 1 is 1.39 bits per heavy atom. The van der Waals surface area contributed by atoms with Crippen LogP contribution in [0.2, 0.25) is 0 Å². The zero-order valence-corrected chi connectivity index (χ0v) is 11.3. The third-order valence-corrected chi connectivity index (χ3v) is 3.43. The van der Waals surface area contributed by atoms with Gasteiger partial charge in [-0.3, -0.25) is 4.79 Å².